The Morgan fingerprint density at radius 1 is 1.50 bits per heavy atom. The van der Waals surface area contributed by atoms with Crippen LogP contribution in [0.2, 0.25) is 0 Å². The van der Waals surface area contributed by atoms with Gasteiger partial charge in [0.2, 0.25) is 0 Å². The number of nitrogens with one attached hydrogen (secondary N) is 2. The lowest BCUT2D eigenvalue weighted by Gasteiger charge is -2.30. The molecule has 0 amide bonds. The van der Waals surface area contributed by atoms with Crippen LogP contribution in [0.1, 0.15) is 33.1 Å². The molecule has 0 bridgehead atoms. The quantitative estimate of drug-likeness (QED) is 0.472. The summed E-state index contributed by atoms with van der Waals surface area (Å²) in [5.74, 6) is -0.155. The molecule has 94 valence electrons. The zero-order valence-corrected chi connectivity index (χ0v) is 10.6. The van der Waals surface area contributed by atoms with Gasteiger partial charge in [0.05, 0.1) is 5.54 Å². The number of rotatable bonds is 5. The lowest BCUT2D eigenvalue weighted by atomic mass is 10.00. The number of nitrogens with zero attached hydrogens (tertiary/aromatic N) is 1. The van der Waals surface area contributed by atoms with Crippen molar-refractivity contribution in [2.45, 2.75) is 38.6 Å². The molecule has 4 N–H and O–H groups in total. The Hall–Kier alpha value is -0.660. The smallest absolute Gasteiger partial charge is 0.280 e. The predicted octanol–water partition coefficient (Wildman–Crippen LogP) is 0.0213. The number of hydrogen-bond donors (Lipinski definition) is 3. The van der Waals surface area contributed by atoms with E-state index in [4.69, 9.17) is 11.1 Å². The van der Waals surface area contributed by atoms with E-state index in [1.165, 1.54) is 4.31 Å². The molecule has 1 unspecified atom stereocenters. The van der Waals surface area contributed by atoms with Gasteiger partial charge < -0.3 is 5.73 Å². The fourth-order valence-corrected chi connectivity index (χ4v) is 3.29. The Bertz CT molecular complexity index is 362. The molecule has 0 aromatic rings. The highest BCUT2D eigenvalue weighted by Crippen LogP contribution is 2.16. The number of hydrogen-bond acceptors (Lipinski definition) is 3. The van der Waals surface area contributed by atoms with Gasteiger partial charge in [-0.2, -0.15) is 17.4 Å². The Labute approximate surface area is 96.9 Å². The molecule has 1 heterocycles. The van der Waals surface area contributed by atoms with Crippen LogP contribution in [-0.2, 0) is 10.2 Å². The van der Waals surface area contributed by atoms with Crippen molar-refractivity contribution in [3.63, 3.8) is 0 Å². The van der Waals surface area contributed by atoms with E-state index in [-0.39, 0.29) is 5.84 Å². The molecule has 0 saturated carbocycles. The Morgan fingerprint density at radius 3 is 2.38 bits per heavy atom. The molecule has 1 saturated heterocycles. The zero-order chi connectivity index (χ0) is 12.4. The van der Waals surface area contributed by atoms with Crippen molar-refractivity contribution in [1.29, 1.82) is 5.41 Å². The van der Waals surface area contributed by atoms with Crippen LogP contribution < -0.4 is 10.5 Å². The van der Waals surface area contributed by atoms with Crippen molar-refractivity contribution in [1.82, 2.24) is 9.03 Å². The molecule has 0 aromatic carbocycles. The molecule has 7 heteroatoms. The van der Waals surface area contributed by atoms with Crippen LogP contribution in [0, 0.1) is 5.41 Å². The minimum Gasteiger partial charge on any atom is -0.386 e. The van der Waals surface area contributed by atoms with Crippen molar-refractivity contribution < 1.29 is 8.42 Å². The van der Waals surface area contributed by atoms with Gasteiger partial charge in [0.1, 0.15) is 5.84 Å². The van der Waals surface area contributed by atoms with E-state index < -0.39 is 15.7 Å². The SMILES string of the molecule is CCC(C)(NS(=O)(=O)N1CCCC1)C(=N)N. The van der Waals surface area contributed by atoms with E-state index in [1.807, 2.05) is 0 Å². The molecule has 1 atom stereocenters. The Balaban J connectivity index is 2.82. The third kappa shape index (κ3) is 2.72. The standard InChI is InChI=1S/C9H20N4O2S/c1-3-9(2,8(10)11)12-16(14,15)13-6-4-5-7-13/h12H,3-7H2,1-2H3,(H3,10,11). The molecular weight excluding hydrogens is 228 g/mol. The highest BCUT2D eigenvalue weighted by atomic mass is 32.2. The summed E-state index contributed by atoms with van der Waals surface area (Å²) in [6.45, 7) is 4.52. The number of nitrogens with two attached hydrogens (primary N) is 1. The van der Waals surface area contributed by atoms with Crippen LogP contribution in [0.3, 0.4) is 0 Å². The van der Waals surface area contributed by atoms with Gasteiger partial charge in [-0.1, -0.05) is 6.92 Å². The normalized spacial score (nSPS) is 21.9. The topological polar surface area (TPSA) is 99.3 Å². The van der Waals surface area contributed by atoms with Crippen LogP contribution >= 0.6 is 0 Å². The zero-order valence-electron chi connectivity index (χ0n) is 9.78. The van der Waals surface area contributed by atoms with E-state index in [2.05, 4.69) is 4.72 Å². The van der Waals surface area contributed by atoms with Crippen molar-refractivity contribution >= 4 is 16.0 Å². The lowest BCUT2D eigenvalue weighted by molar-refractivity contribution is 0.434. The first-order valence-electron chi connectivity index (χ1n) is 5.45. The second-order valence-electron chi connectivity index (χ2n) is 4.31. The van der Waals surface area contributed by atoms with E-state index in [1.54, 1.807) is 13.8 Å². The molecular formula is C9H20N4O2S. The number of amidine groups is 1. The van der Waals surface area contributed by atoms with Crippen molar-refractivity contribution in [2.24, 2.45) is 5.73 Å². The highest BCUT2D eigenvalue weighted by molar-refractivity contribution is 7.87. The maximum Gasteiger partial charge on any atom is 0.280 e. The molecule has 0 aliphatic carbocycles. The van der Waals surface area contributed by atoms with Crippen LogP contribution in [-0.4, -0.2) is 37.2 Å². The van der Waals surface area contributed by atoms with Gasteiger partial charge in [0, 0.05) is 13.1 Å². The fraction of sp³-hybridized carbons (Fsp3) is 0.889. The Morgan fingerprint density at radius 2 is 2.00 bits per heavy atom. The third-order valence-electron chi connectivity index (χ3n) is 3.06. The Kier molecular flexibility index (Phi) is 3.92. The summed E-state index contributed by atoms with van der Waals surface area (Å²) < 4.78 is 27.9. The largest absolute Gasteiger partial charge is 0.386 e. The summed E-state index contributed by atoms with van der Waals surface area (Å²) in [6.07, 6.45) is 2.24. The second kappa shape index (κ2) is 4.68. The van der Waals surface area contributed by atoms with Gasteiger partial charge in [-0.05, 0) is 26.2 Å². The maximum absolute atomic E-state index is 12.0. The van der Waals surface area contributed by atoms with Gasteiger partial charge in [-0.3, -0.25) is 5.41 Å². The van der Waals surface area contributed by atoms with E-state index >= 15 is 0 Å². The van der Waals surface area contributed by atoms with E-state index in [0.717, 1.165) is 12.8 Å². The summed E-state index contributed by atoms with van der Waals surface area (Å²) in [4.78, 5) is 0. The van der Waals surface area contributed by atoms with Gasteiger partial charge >= 0.3 is 0 Å². The molecule has 1 rings (SSSR count). The monoisotopic (exact) mass is 248 g/mol. The first kappa shape index (κ1) is 13.4. The maximum atomic E-state index is 12.0. The fourth-order valence-electron chi connectivity index (χ4n) is 1.60. The third-order valence-corrected chi connectivity index (χ3v) is 4.81. The molecule has 1 aliphatic rings. The molecule has 0 radical (unpaired) electrons. The van der Waals surface area contributed by atoms with E-state index in [0.29, 0.717) is 19.5 Å². The first-order valence-corrected chi connectivity index (χ1v) is 6.89. The van der Waals surface area contributed by atoms with Crippen molar-refractivity contribution in [2.75, 3.05) is 13.1 Å². The minimum absolute atomic E-state index is 0.155. The van der Waals surface area contributed by atoms with Gasteiger partial charge in [-0.15, -0.1) is 0 Å². The summed E-state index contributed by atoms with van der Waals surface area (Å²) >= 11 is 0. The van der Waals surface area contributed by atoms with E-state index in [9.17, 15) is 8.42 Å². The van der Waals surface area contributed by atoms with Crippen LogP contribution in [0.25, 0.3) is 0 Å². The van der Waals surface area contributed by atoms with Crippen molar-refractivity contribution in [3.05, 3.63) is 0 Å². The molecule has 1 fully saturated rings. The van der Waals surface area contributed by atoms with Crippen LogP contribution in [0.5, 0.6) is 0 Å². The summed E-state index contributed by atoms with van der Waals surface area (Å²) in [6, 6.07) is 0. The van der Waals surface area contributed by atoms with Crippen LogP contribution in [0.4, 0.5) is 0 Å². The molecule has 16 heavy (non-hydrogen) atoms. The first-order chi connectivity index (χ1) is 7.32. The molecule has 6 nitrogen and oxygen atoms in total. The molecule has 0 spiro atoms. The second-order valence-corrected chi connectivity index (χ2v) is 5.98. The van der Waals surface area contributed by atoms with Gasteiger partial charge in [0.25, 0.3) is 10.2 Å². The summed E-state index contributed by atoms with van der Waals surface area (Å²) in [5.41, 5.74) is 4.44. The lowest BCUT2D eigenvalue weighted by Crippen LogP contribution is -2.57. The average molecular weight is 248 g/mol. The van der Waals surface area contributed by atoms with Crippen LogP contribution in [0.15, 0.2) is 0 Å². The molecule has 0 aromatic heterocycles. The highest BCUT2D eigenvalue weighted by Gasteiger charge is 2.35. The molecule has 1 aliphatic heterocycles. The summed E-state index contributed by atoms with van der Waals surface area (Å²) in [7, 11) is -3.51. The van der Waals surface area contributed by atoms with Crippen molar-refractivity contribution in [3.8, 4) is 0 Å². The minimum atomic E-state index is -3.51. The average Bonchev–Trinajstić information content (AvgIpc) is 2.70. The summed E-state index contributed by atoms with van der Waals surface area (Å²) in [5, 5.41) is 7.43. The predicted molar refractivity (Wildman–Crippen MR) is 63.5 cm³/mol. The van der Waals surface area contributed by atoms with Gasteiger partial charge in [-0.25, -0.2) is 0 Å². The van der Waals surface area contributed by atoms with Gasteiger partial charge in [0.15, 0.2) is 0 Å².